The van der Waals surface area contributed by atoms with Crippen molar-refractivity contribution in [3.05, 3.63) is 23.0 Å². The van der Waals surface area contributed by atoms with Gasteiger partial charge in [0.1, 0.15) is 18.2 Å². The van der Waals surface area contributed by atoms with Gasteiger partial charge in [0.25, 0.3) is 0 Å². The van der Waals surface area contributed by atoms with Crippen LogP contribution in [0.5, 0.6) is 5.75 Å². The van der Waals surface area contributed by atoms with Crippen LogP contribution in [0.25, 0.3) is 0 Å². The van der Waals surface area contributed by atoms with E-state index in [0.717, 1.165) is 5.69 Å². The fraction of sp³-hybridized carbons (Fsp3) is 0.333. The minimum atomic E-state index is -0.447. The largest absolute Gasteiger partial charge is 0.489 e. The van der Waals surface area contributed by atoms with E-state index in [4.69, 9.17) is 16.3 Å². The lowest BCUT2D eigenvalue weighted by molar-refractivity contribution is 0.290. The zero-order chi connectivity index (χ0) is 9.42. The summed E-state index contributed by atoms with van der Waals surface area (Å²) in [6.07, 6.45) is 0. The molecule has 1 heterocycles. The Balaban J connectivity index is 2.43. The molecule has 1 aromatic carbocycles. The van der Waals surface area contributed by atoms with E-state index in [0.29, 0.717) is 12.4 Å². The highest BCUT2D eigenvalue weighted by Gasteiger charge is 2.17. The topological polar surface area (TPSA) is 21.3 Å². The van der Waals surface area contributed by atoms with Crippen molar-refractivity contribution < 1.29 is 9.13 Å². The van der Waals surface area contributed by atoms with Crippen molar-refractivity contribution in [3.63, 3.8) is 0 Å². The van der Waals surface area contributed by atoms with Crippen molar-refractivity contribution in [2.24, 2.45) is 0 Å². The number of benzene rings is 1. The van der Waals surface area contributed by atoms with Crippen molar-refractivity contribution >= 4 is 17.3 Å². The standard InChI is InChI=1S/C9H9ClFNO/c1-5-4-13-9-3-7(11)6(10)2-8(9)12-5/h2-3,5,12H,4H2,1H3. The van der Waals surface area contributed by atoms with Gasteiger partial charge in [-0.15, -0.1) is 0 Å². The van der Waals surface area contributed by atoms with Crippen molar-refractivity contribution in [1.29, 1.82) is 0 Å². The van der Waals surface area contributed by atoms with Crippen LogP contribution in [-0.2, 0) is 0 Å². The van der Waals surface area contributed by atoms with E-state index in [2.05, 4.69) is 5.32 Å². The number of ether oxygens (including phenoxy) is 1. The molecule has 0 spiro atoms. The van der Waals surface area contributed by atoms with Crippen LogP contribution < -0.4 is 10.1 Å². The smallest absolute Gasteiger partial charge is 0.145 e. The maximum Gasteiger partial charge on any atom is 0.145 e. The minimum Gasteiger partial charge on any atom is -0.489 e. The summed E-state index contributed by atoms with van der Waals surface area (Å²) in [4.78, 5) is 0. The third-order valence-corrected chi connectivity index (χ3v) is 2.20. The van der Waals surface area contributed by atoms with Gasteiger partial charge in [-0.25, -0.2) is 4.39 Å². The van der Waals surface area contributed by atoms with Gasteiger partial charge in [0.2, 0.25) is 0 Å². The number of anilines is 1. The van der Waals surface area contributed by atoms with Gasteiger partial charge in [0.05, 0.1) is 16.8 Å². The van der Waals surface area contributed by atoms with Gasteiger partial charge in [-0.1, -0.05) is 11.6 Å². The monoisotopic (exact) mass is 201 g/mol. The summed E-state index contributed by atoms with van der Waals surface area (Å²) in [7, 11) is 0. The molecule has 4 heteroatoms. The van der Waals surface area contributed by atoms with Gasteiger partial charge in [-0.05, 0) is 13.0 Å². The Bertz CT molecular complexity index is 343. The van der Waals surface area contributed by atoms with Crippen LogP contribution >= 0.6 is 11.6 Å². The highest BCUT2D eigenvalue weighted by molar-refractivity contribution is 6.31. The molecule has 2 rings (SSSR count). The number of halogens is 2. The zero-order valence-corrected chi connectivity index (χ0v) is 7.86. The number of rotatable bonds is 0. The molecule has 0 amide bonds. The van der Waals surface area contributed by atoms with E-state index in [9.17, 15) is 4.39 Å². The first-order valence-electron chi connectivity index (χ1n) is 4.05. The first-order valence-corrected chi connectivity index (χ1v) is 4.43. The molecule has 1 N–H and O–H groups in total. The summed E-state index contributed by atoms with van der Waals surface area (Å²) in [6.45, 7) is 2.54. The average Bonchev–Trinajstić information content (AvgIpc) is 2.08. The SMILES string of the molecule is CC1COc2cc(F)c(Cl)cc2N1. The van der Waals surface area contributed by atoms with E-state index in [1.54, 1.807) is 6.07 Å². The fourth-order valence-corrected chi connectivity index (χ4v) is 1.45. The van der Waals surface area contributed by atoms with E-state index >= 15 is 0 Å². The predicted octanol–water partition coefficient (Wildman–Crippen LogP) is 2.67. The maximum atomic E-state index is 13.0. The zero-order valence-electron chi connectivity index (χ0n) is 7.10. The number of hydrogen-bond acceptors (Lipinski definition) is 2. The van der Waals surface area contributed by atoms with Crippen LogP contribution in [0, 0.1) is 5.82 Å². The second-order valence-corrected chi connectivity index (χ2v) is 3.53. The first kappa shape index (κ1) is 8.63. The maximum absolute atomic E-state index is 13.0. The van der Waals surface area contributed by atoms with E-state index in [-0.39, 0.29) is 11.1 Å². The second-order valence-electron chi connectivity index (χ2n) is 3.12. The molecule has 1 atom stereocenters. The Hall–Kier alpha value is -0.960. The molecule has 0 aromatic heterocycles. The van der Waals surface area contributed by atoms with Crippen LogP contribution in [0.2, 0.25) is 5.02 Å². The normalized spacial score (nSPS) is 20.1. The molecule has 0 aliphatic carbocycles. The highest BCUT2D eigenvalue weighted by Crippen LogP contribution is 2.33. The van der Waals surface area contributed by atoms with Crippen LogP contribution in [0.15, 0.2) is 12.1 Å². The van der Waals surface area contributed by atoms with Gasteiger partial charge >= 0.3 is 0 Å². The quantitative estimate of drug-likeness (QED) is 0.697. The Morgan fingerprint density at radius 1 is 1.62 bits per heavy atom. The molecule has 13 heavy (non-hydrogen) atoms. The highest BCUT2D eigenvalue weighted by atomic mass is 35.5. The van der Waals surface area contributed by atoms with Crippen molar-refractivity contribution in [2.75, 3.05) is 11.9 Å². The Morgan fingerprint density at radius 3 is 3.15 bits per heavy atom. The summed E-state index contributed by atoms with van der Waals surface area (Å²) in [5, 5.41) is 3.27. The molecule has 0 radical (unpaired) electrons. The number of nitrogens with one attached hydrogen (secondary N) is 1. The fourth-order valence-electron chi connectivity index (χ4n) is 1.28. The predicted molar refractivity (Wildman–Crippen MR) is 50.0 cm³/mol. The molecule has 1 aromatic rings. The molecule has 1 aliphatic rings. The number of hydrogen-bond donors (Lipinski definition) is 1. The lowest BCUT2D eigenvalue weighted by atomic mass is 10.2. The van der Waals surface area contributed by atoms with Crippen molar-refractivity contribution in [2.45, 2.75) is 13.0 Å². The van der Waals surface area contributed by atoms with E-state index in [1.807, 2.05) is 6.92 Å². The molecular weight excluding hydrogens is 193 g/mol. The lowest BCUT2D eigenvalue weighted by Gasteiger charge is -2.24. The third-order valence-electron chi connectivity index (χ3n) is 1.91. The molecule has 1 aliphatic heterocycles. The average molecular weight is 202 g/mol. The molecule has 70 valence electrons. The molecule has 0 saturated carbocycles. The Kier molecular flexibility index (Phi) is 2.04. The second kappa shape index (κ2) is 3.07. The minimum absolute atomic E-state index is 0.115. The third kappa shape index (κ3) is 1.56. The summed E-state index contributed by atoms with van der Waals surface area (Å²) in [5.74, 6) is 0.0803. The van der Waals surface area contributed by atoms with Crippen molar-refractivity contribution in [1.82, 2.24) is 0 Å². The Morgan fingerprint density at radius 2 is 2.38 bits per heavy atom. The molecule has 0 bridgehead atoms. The molecule has 0 fully saturated rings. The molecule has 0 saturated heterocycles. The summed E-state index contributed by atoms with van der Waals surface area (Å²) in [6, 6.07) is 3.08. The van der Waals surface area contributed by atoms with Crippen LogP contribution in [0.3, 0.4) is 0 Å². The lowest BCUT2D eigenvalue weighted by Crippen LogP contribution is -2.28. The van der Waals surface area contributed by atoms with Crippen molar-refractivity contribution in [3.8, 4) is 5.75 Å². The van der Waals surface area contributed by atoms with Gasteiger partial charge in [0.15, 0.2) is 0 Å². The molecular formula is C9H9ClFNO. The van der Waals surface area contributed by atoms with E-state index < -0.39 is 5.82 Å². The van der Waals surface area contributed by atoms with Gasteiger partial charge in [0, 0.05) is 6.07 Å². The van der Waals surface area contributed by atoms with E-state index in [1.165, 1.54) is 6.07 Å². The first-order chi connectivity index (χ1) is 6.16. The van der Waals surface area contributed by atoms with Crippen LogP contribution in [-0.4, -0.2) is 12.6 Å². The van der Waals surface area contributed by atoms with Gasteiger partial charge < -0.3 is 10.1 Å². The van der Waals surface area contributed by atoms with Crippen LogP contribution in [0.4, 0.5) is 10.1 Å². The molecule has 2 nitrogen and oxygen atoms in total. The molecule has 1 unspecified atom stereocenters. The Labute approximate surface area is 80.7 Å². The number of fused-ring (bicyclic) bond motifs is 1. The van der Waals surface area contributed by atoms with Gasteiger partial charge in [-0.3, -0.25) is 0 Å². The summed E-state index contributed by atoms with van der Waals surface area (Å²) < 4.78 is 18.3. The summed E-state index contributed by atoms with van der Waals surface area (Å²) >= 11 is 5.62. The van der Waals surface area contributed by atoms with Gasteiger partial charge in [-0.2, -0.15) is 0 Å². The van der Waals surface area contributed by atoms with Crippen LogP contribution in [0.1, 0.15) is 6.92 Å². The summed E-state index contributed by atoms with van der Waals surface area (Å²) in [5.41, 5.74) is 0.755.